The highest BCUT2D eigenvalue weighted by molar-refractivity contribution is 7.80. The number of aliphatic carboxylic acids is 1. The van der Waals surface area contributed by atoms with Crippen LogP contribution in [0.25, 0.3) is 6.08 Å². The van der Waals surface area contributed by atoms with E-state index >= 15 is 0 Å². The molecular formula is C24H22N2O6S. The van der Waals surface area contributed by atoms with Crippen LogP contribution in [0.15, 0.2) is 54.6 Å². The van der Waals surface area contributed by atoms with Crippen LogP contribution in [0, 0.1) is 6.92 Å². The Hall–Kier alpha value is -3.98. The Kier molecular flexibility index (Phi) is 7.24. The first-order valence-electron chi connectivity index (χ1n) is 9.89. The van der Waals surface area contributed by atoms with Gasteiger partial charge in [-0.15, -0.1) is 6.58 Å². The summed E-state index contributed by atoms with van der Waals surface area (Å²) in [6.45, 7) is 5.08. The minimum Gasteiger partial charge on any atom is -0.493 e. The number of allylic oxidation sites excluding steroid dienone is 1. The molecule has 9 heteroatoms. The number of carboxylic acids is 1. The largest absolute Gasteiger partial charge is 0.493 e. The lowest BCUT2D eigenvalue weighted by Gasteiger charge is -2.29. The Morgan fingerprint density at radius 2 is 1.94 bits per heavy atom. The summed E-state index contributed by atoms with van der Waals surface area (Å²) in [5, 5.41) is 11.5. The van der Waals surface area contributed by atoms with Crippen LogP contribution in [-0.2, 0) is 20.8 Å². The number of benzene rings is 2. The maximum Gasteiger partial charge on any atom is 0.341 e. The van der Waals surface area contributed by atoms with Crippen LogP contribution >= 0.6 is 12.2 Å². The van der Waals surface area contributed by atoms with Crippen LogP contribution in [0.2, 0.25) is 0 Å². The zero-order valence-corrected chi connectivity index (χ0v) is 18.9. The minimum atomic E-state index is -1.13. The molecule has 0 bridgehead atoms. The number of carbonyl (C=O) groups is 3. The first-order valence-corrected chi connectivity index (χ1v) is 10.3. The number of aryl methyl sites for hydroxylation is 1. The van der Waals surface area contributed by atoms with E-state index in [0.29, 0.717) is 23.2 Å². The van der Waals surface area contributed by atoms with Crippen LogP contribution in [0.3, 0.4) is 0 Å². The van der Waals surface area contributed by atoms with Crippen molar-refractivity contribution in [2.24, 2.45) is 0 Å². The molecule has 1 saturated heterocycles. The average Bonchev–Trinajstić information content (AvgIpc) is 2.76. The van der Waals surface area contributed by atoms with Crippen LogP contribution in [0.1, 0.15) is 16.7 Å². The lowest BCUT2D eigenvalue weighted by Crippen LogP contribution is -2.54. The second-order valence-corrected chi connectivity index (χ2v) is 7.57. The van der Waals surface area contributed by atoms with Crippen LogP contribution < -0.4 is 19.7 Å². The molecule has 0 aromatic heterocycles. The van der Waals surface area contributed by atoms with Gasteiger partial charge in [-0.2, -0.15) is 0 Å². The van der Waals surface area contributed by atoms with Gasteiger partial charge in [-0.25, -0.2) is 4.79 Å². The third kappa shape index (κ3) is 5.27. The Balaban J connectivity index is 2.04. The van der Waals surface area contributed by atoms with Crippen LogP contribution in [0.4, 0.5) is 5.69 Å². The molecule has 2 aromatic carbocycles. The normalized spacial score (nSPS) is 14.8. The quantitative estimate of drug-likeness (QED) is 0.267. The zero-order chi connectivity index (χ0) is 24.1. The molecule has 0 radical (unpaired) electrons. The molecule has 2 N–H and O–H groups in total. The topological polar surface area (TPSA) is 105 Å². The van der Waals surface area contributed by atoms with Gasteiger partial charge in [-0.05, 0) is 61.5 Å². The number of hydrogen-bond acceptors (Lipinski definition) is 6. The fraction of sp³-hybridized carbons (Fsp3) is 0.167. The van der Waals surface area contributed by atoms with Crippen molar-refractivity contribution in [3.05, 3.63) is 71.3 Å². The summed E-state index contributed by atoms with van der Waals surface area (Å²) < 4.78 is 10.8. The fourth-order valence-electron chi connectivity index (χ4n) is 3.28. The molecule has 1 aliphatic heterocycles. The smallest absolute Gasteiger partial charge is 0.341 e. The third-order valence-electron chi connectivity index (χ3n) is 4.78. The summed E-state index contributed by atoms with van der Waals surface area (Å²) in [6, 6.07) is 10.4. The highest BCUT2D eigenvalue weighted by Crippen LogP contribution is 2.35. The summed E-state index contributed by atoms with van der Waals surface area (Å²) in [6.07, 6.45) is 3.40. The van der Waals surface area contributed by atoms with E-state index < -0.39 is 24.4 Å². The number of hydrogen-bond donors (Lipinski definition) is 2. The van der Waals surface area contributed by atoms with E-state index in [2.05, 4.69) is 11.9 Å². The van der Waals surface area contributed by atoms with Gasteiger partial charge < -0.3 is 14.6 Å². The number of methoxy groups -OCH3 is 1. The van der Waals surface area contributed by atoms with Crippen molar-refractivity contribution in [3.8, 4) is 11.5 Å². The second-order valence-electron chi connectivity index (χ2n) is 7.18. The minimum absolute atomic E-state index is 0.00616. The van der Waals surface area contributed by atoms with Gasteiger partial charge in [0.1, 0.15) is 5.57 Å². The van der Waals surface area contributed by atoms with Crippen LogP contribution in [-0.4, -0.2) is 41.7 Å². The summed E-state index contributed by atoms with van der Waals surface area (Å²) in [4.78, 5) is 38.0. The first-order chi connectivity index (χ1) is 15.7. The number of amides is 2. The van der Waals surface area contributed by atoms with Gasteiger partial charge in [0.05, 0.1) is 12.8 Å². The molecule has 0 aliphatic carbocycles. The van der Waals surface area contributed by atoms with Crippen molar-refractivity contribution in [1.29, 1.82) is 0 Å². The van der Waals surface area contributed by atoms with E-state index in [4.69, 9.17) is 26.8 Å². The Bertz CT molecular complexity index is 1170. The lowest BCUT2D eigenvalue weighted by molar-refractivity contribution is -0.139. The van der Waals surface area contributed by atoms with Gasteiger partial charge in [0, 0.05) is 5.56 Å². The Morgan fingerprint density at radius 1 is 1.24 bits per heavy atom. The molecule has 1 fully saturated rings. The van der Waals surface area contributed by atoms with E-state index in [1.54, 1.807) is 30.3 Å². The number of thiocarbonyl (C=S) groups is 1. The van der Waals surface area contributed by atoms with E-state index in [-0.39, 0.29) is 22.2 Å². The zero-order valence-electron chi connectivity index (χ0n) is 18.1. The molecule has 3 rings (SSSR count). The van der Waals surface area contributed by atoms with Crippen LogP contribution in [0.5, 0.6) is 11.5 Å². The third-order valence-corrected chi connectivity index (χ3v) is 5.07. The van der Waals surface area contributed by atoms with E-state index in [1.165, 1.54) is 18.1 Å². The molecule has 33 heavy (non-hydrogen) atoms. The molecule has 0 unspecified atom stereocenters. The highest BCUT2D eigenvalue weighted by Gasteiger charge is 2.34. The van der Waals surface area contributed by atoms with Crippen molar-refractivity contribution in [2.45, 2.75) is 13.3 Å². The van der Waals surface area contributed by atoms with Gasteiger partial charge in [0.2, 0.25) is 0 Å². The molecule has 1 heterocycles. The molecule has 8 nitrogen and oxygen atoms in total. The Morgan fingerprint density at radius 3 is 2.55 bits per heavy atom. The van der Waals surface area contributed by atoms with Crippen molar-refractivity contribution < 1.29 is 29.0 Å². The van der Waals surface area contributed by atoms with E-state index in [0.717, 1.165) is 5.56 Å². The number of rotatable bonds is 8. The number of nitrogens with zero attached hydrogens (tertiary/aromatic N) is 1. The molecule has 2 amide bonds. The predicted octanol–water partition coefficient (Wildman–Crippen LogP) is 3.03. The monoisotopic (exact) mass is 466 g/mol. The maximum absolute atomic E-state index is 13.2. The number of anilines is 1. The predicted molar refractivity (Wildman–Crippen MR) is 127 cm³/mol. The highest BCUT2D eigenvalue weighted by atomic mass is 32.1. The second kappa shape index (κ2) is 10.1. The van der Waals surface area contributed by atoms with Gasteiger partial charge in [0.25, 0.3) is 11.8 Å². The molecule has 2 aromatic rings. The molecule has 0 atom stereocenters. The number of nitrogens with one attached hydrogen (secondary N) is 1. The molecule has 0 spiro atoms. The summed E-state index contributed by atoms with van der Waals surface area (Å²) in [5.41, 5.74) is 2.51. The van der Waals surface area contributed by atoms with Gasteiger partial charge in [0.15, 0.2) is 23.2 Å². The first kappa shape index (κ1) is 23.7. The molecule has 0 saturated carbocycles. The van der Waals surface area contributed by atoms with E-state index in [1.807, 2.05) is 19.1 Å². The van der Waals surface area contributed by atoms with Crippen molar-refractivity contribution in [2.75, 3.05) is 18.6 Å². The number of carbonyl (C=O) groups excluding carboxylic acids is 2. The van der Waals surface area contributed by atoms with Gasteiger partial charge >= 0.3 is 5.97 Å². The molecule has 1 aliphatic rings. The van der Waals surface area contributed by atoms with Gasteiger partial charge in [-0.1, -0.05) is 23.8 Å². The van der Waals surface area contributed by atoms with Crippen molar-refractivity contribution in [1.82, 2.24) is 5.32 Å². The van der Waals surface area contributed by atoms with E-state index in [9.17, 15) is 14.4 Å². The number of carboxylic acid groups (broad SMARTS) is 1. The summed E-state index contributed by atoms with van der Waals surface area (Å²) >= 11 is 5.23. The van der Waals surface area contributed by atoms with Crippen molar-refractivity contribution in [3.63, 3.8) is 0 Å². The maximum atomic E-state index is 13.2. The average molecular weight is 467 g/mol. The summed E-state index contributed by atoms with van der Waals surface area (Å²) in [7, 11) is 1.41. The molecule has 170 valence electrons. The Labute approximate surface area is 196 Å². The number of ether oxygens (including phenoxy) is 2. The molecular weight excluding hydrogens is 444 g/mol. The standard InChI is InChI=1S/C24H22N2O6S/c1-4-5-16-10-15(12-19(31-3)21(16)32-13-20(27)28)11-18-22(29)25-24(33)26(23(18)30)17-8-6-14(2)7-9-17/h4,6-12H,1,5,13H2,2-3H3,(H,27,28)(H,25,29,33)/b18-11+. The van der Waals surface area contributed by atoms with Gasteiger partial charge in [-0.3, -0.25) is 19.8 Å². The lowest BCUT2D eigenvalue weighted by atomic mass is 10.0. The fourth-order valence-corrected chi connectivity index (χ4v) is 3.56. The SMILES string of the molecule is C=CCc1cc(/C=C2\C(=O)NC(=S)N(c3ccc(C)cc3)C2=O)cc(OC)c1OCC(=O)O. The van der Waals surface area contributed by atoms with Crippen molar-refractivity contribution >= 4 is 46.9 Å². The summed E-state index contributed by atoms with van der Waals surface area (Å²) in [5.74, 6) is -1.81.